The second-order valence-electron chi connectivity index (χ2n) is 4.40. The van der Waals surface area contributed by atoms with Crippen LogP contribution in [0, 0.1) is 0 Å². The third-order valence-electron chi connectivity index (χ3n) is 3.02. The molecule has 0 saturated heterocycles. The standard InChI is InChI=1S/C11H20N2O3/c12-10(14)7-6-9(11(15)16)13-8-4-2-1-3-5-8/h8-9,13H,1-7H2,(H2,12,14)(H,15,16)/t9-/m0/s1. The second kappa shape index (κ2) is 6.48. The van der Waals surface area contributed by atoms with Crippen molar-refractivity contribution >= 4 is 11.9 Å². The predicted octanol–water partition coefficient (Wildman–Crippen LogP) is 0.627. The summed E-state index contributed by atoms with van der Waals surface area (Å²) >= 11 is 0. The molecule has 0 radical (unpaired) electrons. The number of rotatable bonds is 6. The summed E-state index contributed by atoms with van der Waals surface area (Å²) in [7, 11) is 0. The largest absolute Gasteiger partial charge is 0.480 e. The van der Waals surface area contributed by atoms with E-state index in [1.165, 1.54) is 6.42 Å². The van der Waals surface area contributed by atoms with Gasteiger partial charge in [0.1, 0.15) is 6.04 Å². The van der Waals surface area contributed by atoms with Crippen LogP contribution in [0.15, 0.2) is 0 Å². The maximum atomic E-state index is 11.0. The molecule has 0 unspecified atom stereocenters. The summed E-state index contributed by atoms with van der Waals surface area (Å²) in [6.45, 7) is 0. The topological polar surface area (TPSA) is 92.4 Å². The molecule has 1 saturated carbocycles. The molecule has 0 heterocycles. The van der Waals surface area contributed by atoms with Crippen LogP contribution in [-0.2, 0) is 9.59 Å². The van der Waals surface area contributed by atoms with E-state index < -0.39 is 17.9 Å². The van der Waals surface area contributed by atoms with Gasteiger partial charge in [-0.3, -0.25) is 9.59 Å². The van der Waals surface area contributed by atoms with Crippen LogP contribution in [0.2, 0.25) is 0 Å². The van der Waals surface area contributed by atoms with Crippen molar-refractivity contribution in [2.24, 2.45) is 5.73 Å². The summed E-state index contributed by atoms with van der Waals surface area (Å²) in [6.07, 6.45) is 6.00. The van der Waals surface area contributed by atoms with Crippen LogP contribution in [0.25, 0.3) is 0 Å². The molecule has 5 nitrogen and oxygen atoms in total. The van der Waals surface area contributed by atoms with Gasteiger partial charge < -0.3 is 16.2 Å². The molecule has 0 aromatic carbocycles. The van der Waals surface area contributed by atoms with Crippen LogP contribution in [0.1, 0.15) is 44.9 Å². The monoisotopic (exact) mass is 228 g/mol. The molecule has 16 heavy (non-hydrogen) atoms. The number of primary amides is 1. The number of nitrogens with one attached hydrogen (secondary N) is 1. The molecular weight excluding hydrogens is 208 g/mol. The molecule has 1 aliphatic carbocycles. The second-order valence-corrected chi connectivity index (χ2v) is 4.40. The number of aliphatic carboxylic acids is 1. The van der Waals surface area contributed by atoms with Crippen LogP contribution in [0.5, 0.6) is 0 Å². The number of carbonyl (C=O) groups excluding carboxylic acids is 1. The number of hydrogen-bond donors (Lipinski definition) is 3. The van der Waals surface area contributed by atoms with E-state index >= 15 is 0 Å². The number of amides is 1. The summed E-state index contributed by atoms with van der Waals surface area (Å²) in [4.78, 5) is 21.6. The number of carboxylic acids is 1. The first kappa shape index (κ1) is 13.0. The van der Waals surface area contributed by atoms with E-state index in [4.69, 9.17) is 10.8 Å². The summed E-state index contributed by atoms with van der Waals surface area (Å²) in [6, 6.07) is -0.363. The van der Waals surface area contributed by atoms with Gasteiger partial charge in [0.25, 0.3) is 0 Å². The Balaban J connectivity index is 2.37. The maximum absolute atomic E-state index is 11.0. The Hall–Kier alpha value is -1.10. The molecule has 1 fully saturated rings. The van der Waals surface area contributed by atoms with Gasteiger partial charge in [-0.25, -0.2) is 0 Å². The van der Waals surface area contributed by atoms with Gasteiger partial charge in [0.15, 0.2) is 0 Å². The predicted molar refractivity (Wildman–Crippen MR) is 59.9 cm³/mol. The molecule has 1 amide bonds. The first-order valence-electron chi connectivity index (χ1n) is 5.86. The molecular formula is C11H20N2O3. The van der Waals surface area contributed by atoms with Crippen molar-refractivity contribution in [3.05, 3.63) is 0 Å². The summed E-state index contributed by atoms with van der Waals surface area (Å²) in [5.74, 6) is -1.34. The van der Waals surface area contributed by atoms with Crippen molar-refractivity contribution in [2.75, 3.05) is 0 Å². The third kappa shape index (κ3) is 4.61. The van der Waals surface area contributed by atoms with E-state index in [0.29, 0.717) is 0 Å². The van der Waals surface area contributed by atoms with Gasteiger partial charge in [0.2, 0.25) is 5.91 Å². The molecule has 1 rings (SSSR count). The molecule has 0 spiro atoms. The highest BCUT2D eigenvalue weighted by molar-refractivity contribution is 5.77. The van der Waals surface area contributed by atoms with E-state index in [1.54, 1.807) is 0 Å². The van der Waals surface area contributed by atoms with Crippen molar-refractivity contribution in [3.8, 4) is 0 Å². The molecule has 1 aliphatic rings. The van der Waals surface area contributed by atoms with Crippen molar-refractivity contribution in [1.29, 1.82) is 0 Å². The highest BCUT2D eigenvalue weighted by Gasteiger charge is 2.22. The summed E-state index contributed by atoms with van der Waals surface area (Å²) in [5.41, 5.74) is 5.01. The Morgan fingerprint density at radius 3 is 2.44 bits per heavy atom. The average Bonchev–Trinajstić information content (AvgIpc) is 2.25. The van der Waals surface area contributed by atoms with E-state index in [1.807, 2.05) is 0 Å². The van der Waals surface area contributed by atoms with Gasteiger partial charge in [-0.2, -0.15) is 0 Å². The molecule has 92 valence electrons. The van der Waals surface area contributed by atoms with Gasteiger partial charge in [0, 0.05) is 12.5 Å². The Bertz CT molecular complexity index is 250. The maximum Gasteiger partial charge on any atom is 0.320 e. The van der Waals surface area contributed by atoms with Gasteiger partial charge in [-0.15, -0.1) is 0 Å². The summed E-state index contributed by atoms with van der Waals surface area (Å²) < 4.78 is 0. The minimum atomic E-state index is -0.896. The van der Waals surface area contributed by atoms with E-state index in [9.17, 15) is 9.59 Å². The fourth-order valence-corrected chi connectivity index (χ4v) is 2.12. The molecule has 5 heteroatoms. The Kier molecular flexibility index (Phi) is 5.25. The molecule has 0 bridgehead atoms. The fourth-order valence-electron chi connectivity index (χ4n) is 2.12. The zero-order valence-electron chi connectivity index (χ0n) is 9.45. The quantitative estimate of drug-likeness (QED) is 0.621. The van der Waals surface area contributed by atoms with Gasteiger partial charge in [-0.1, -0.05) is 19.3 Å². The van der Waals surface area contributed by atoms with Crippen LogP contribution in [0.4, 0.5) is 0 Å². The normalized spacial score (nSPS) is 19.2. The van der Waals surface area contributed by atoms with Crippen molar-refractivity contribution in [3.63, 3.8) is 0 Å². The summed E-state index contributed by atoms with van der Waals surface area (Å²) in [5, 5.41) is 12.1. The minimum absolute atomic E-state index is 0.122. The number of hydrogen-bond acceptors (Lipinski definition) is 3. The van der Waals surface area contributed by atoms with Crippen LogP contribution in [-0.4, -0.2) is 29.1 Å². The van der Waals surface area contributed by atoms with Gasteiger partial charge in [-0.05, 0) is 19.3 Å². The average molecular weight is 228 g/mol. The zero-order valence-corrected chi connectivity index (χ0v) is 9.45. The number of carboxylic acid groups (broad SMARTS) is 1. The minimum Gasteiger partial charge on any atom is -0.480 e. The van der Waals surface area contributed by atoms with Crippen LogP contribution < -0.4 is 11.1 Å². The van der Waals surface area contributed by atoms with E-state index in [2.05, 4.69) is 5.32 Å². The smallest absolute Gasteiger partial charge is 0.320 e. The number of carbonyl (C=O) groups is 2. The lowest BCUT2D eigenvalue weighted by atomic mass is 9.94. The lowest BCUT2D eigenvalue weighted by Gasteiger charge is -2.26. The van der Waals surface area contributed by atoms with Gasteiger partial charge in [0.05, 0.1) is 0 Å². The van der Waals surface area contributed by atoms with Crippen molar-refractivity contribution < 1.29 is 14.7 Å². The Morgan fingerprint density at radius 2 is 1.94 bits per heavy atom. The SMILES string of the molecule is NC(=O)CC[C@H](NC1CCCCC1)C(=O)O. The first-order valence-corrected chi connectivity index (χ1v) is 5.86. The lowest BCUT2D eigenvalue weighted by Crippen LogP contribution is -2.44. The molecule has 0 aliphatic heterocycles. The lowest BCUT2D eigenvalue weighted by molar-refractivity contribution is -0.140. The Labute approximate surface area is 95.4 Å². The van der Waals surface area contributed by atoms with Gasteiger partial charge >= 0.3 is 5.97 Å². The molecule has 4 N–H and O–H groups in total. The van der Waals surface area contributed by atoms with Crippen LogP contribution >= 0.6 is 0 Å². The zero-order chi connectivity index (χ0) is 12.0. The molecule has 0 aromatic heterocycles. The highest BCUT2D eigenvalue weighted by atomic mass is 16.4. The highest BCUT2D eigenvalue weighted by Crippen LogP contribution is 2.18. The number of nitrogens with two attached hydrogens (primary N) is 1. The molecule has 0 aromatic rings. The Morgan fingerprint density at radius 1 is 1.31 bits per heavy atom. The first-order chi connectivity index (χ1) is 7.59. The van der Waals surface area contributed by atoms with Crippen LogP contribution in [0.3, 0.4) is 0 Å². The fraction of sp³-hybridized carbons (Fsp3) is 0.818. The third-order valence-corrected chi connectivity index (χ3v) is 3.02. The van der Waals surface area contributed by atoms with Crippen molar-refractivity contribution in [2.45, 2.75) is 57.0 Å². The van der Waals surface area contributed by atoms with E-state index in [-0.39, 0.29) is 18.9 Å². The van der Waals surface area contributed by atoms with Crippen molar-refractivity contribution in [1.82, 2.24) is 5.32 Å². The van der Waals surface area contributed by atoms with E-state index in [0.717, 1.165) is 25.7 Å². The molecule has 1 atom stereocenters.